The van der Waals surface area contributed by atoms with E-state index in [2.05, 4.69) is 45.0 Å². The molecule has 0 heterocycles. The molecule has 0 N–H and O–H groups in total. The van der Waals surface area contributed by atoms with Gasteiger partial charge in [0.2, 0.25) is 0 Å². The Morgan fingerprint density at radius 1 is 0.842 bits per heavy atom. The van der Waals surface area contributed by atoms with E-state index in [1.54, 1.807) is 0 Å². The van der Waals surface area contributed by atoms with Gasteiger partial charge in [0, 0.05) is 16.5 Å². The van der Waals surface area contributed by atoms with Crippen molar-refractivity contribution >= 4 is 23.2 Å². The highest BCUT2D eigenvalue weighted by Gasteiger charge is 2.13. The average molecular weight is 293 g/mol. The monoisotopic (exact) mass is 292 g/mol. The van der Waals surface area contributed by atoms with E-state index in [0.29, 0.717) is 0 Å². The Labute approximate surface area is 125 Å². The molecule has 0 nitrogen and oxygen atoms in total. The van der Waals surface area contributed by atoms with Crippen LogP contribution in [0.1, 0.15) is 37.5 Å². The third-order valence-electron chi connectivity index (χ3n) is 3.26. The maximum absolute atomic E-state index is 6.20. The van der Waals surface area contributed by atoms with Gasteiger partial charge in [-0.05, 0) is 34.2 Å². The van der Waals surface area contributed by atoms with Crippen LogP contribution in [0.3, 0.4) is 0 Å². The van der Waals surface area contributed by atoms with Crippen molar-refractivity contribution in [1.82, 2.24) is 0 Å². The van der Waals surface area contributed by atoms with Crippen LogP contribution in [0.15, 0.2) is 42.5 Å². The van der Waals surface area contributed by atoms with Crippen molar-refractivity contribution in [2.75, 3.05) is 0 Å². The summed E-state index contributed by atoms with van der Waals surface area (Å²) in [5.41, 5.74) is 3.74. The van der Waals surface area contributed by atoms with Gasteiger partial charge in [-0.25, -0.2) is 0 Å². The van der Waals surface area contributed by atoms with Gasteiger partial charge in [0.15, 0.2) is 0 Å². The second-order valence-corrected chi connectivity index (χ2v) is 6.64. The van der Waals surface area contributed by atoms with Crippen molar-refractivity contribution in [3.63, 3.8) is 0 Å². The Morgan fingerprint density at radius 2 is 1.37 bits per heavy atom. The van der Waals surface area contributed by atoms with Gasteiger partial charge >= 0.3 is 0 Å². The average Bonchev–Trinajstić information content (AvgIpc) is 2.33. The predicted molar refractivity (Wildman–Crippen MR) is 84.4 cm³/mol. The molecule has 0 saturated heterocycles. The molecule has 0 spiro atoms. The number of hydrogen-bond donors (Lipinski definition) is 0. The van der Waals surface area contributed by atoms with E-state index in [-0.39, 0.29) is 5.41 Å². The summed E-state index contributed by atoms with van der Waals surface area (Å²) < 4.78 is 0. The Balaban J connectivity index is 2.25. The van der Waals surface area contributed by atoms with E-state index in [1.807, 2.05) is 18.2 Å². The first-order valence-electron chi connectivity index (χ1n) is 6.40. The van der Waals surface area contributed by atoms with Crippen molar-refractivity contribution in [3.8, 4) is 0 Å². The zero-order chi connectivity index (χ0) is 14.0. The van der Waals surface area contributed by atoms with Crippen molar-refractivity contribution in [1.29, 1.82) is 0 Å². The lowest BCUT2D eigenvalue weighted by Crippen LogP contribution is -2.10. The van der Waals surface area contributed by atoms with E-state index < -0.39 is 0 Å². The molecule has 0 atom stereocenters. The third-order valence-corrected chi connectivity index (χ3v) is 3.97. The fourth-order valence-corrected chi connectivity index (χ4v) is 2.56. The van der Waals surface area contributed by atoms with Crippen LogP contribution < -0.4 is 0 Å². The molecule has 0 bridgehead atoms. The van der Waals surface area contributed by atoms with Gasteiger partial charge in [0.1, 0.15) is 0 Å². The van der Waals surface area contributed by atoms with Crippen LogP contribution in [0.4, 0.5) is 0 Å². The van der Waals surface area contributed by atoms with E-state index in [4.69, 9.17) is 23.2 Å². The minimum Gasteiger partial charge on any atom is -0.0840 e. The Hall–Kier alpha value is -0.980. The van der Waals surface area contributed by atoms with E-state index >= 15 is 0 Å². The van der Waals surface area contributed by atoms with Gasteiger partial charge < -0.3 is 0 Å². The van der Waals surface area contributed by atoms with Crippen LogP contribution in [0.25, 0.3) is 0 Å². The molecule has 0 aromatic heterocycles. The lowest BCUT2D eigenvalue weighted by Gasteiger charge is -2.19. The lowest BCUT2D eigenvalue weighted by atomic mass is 9.86. The highest BCUT2D eigenvalue weighted by atomic mass is 35.5. The van der Waals surface area contributed by atoms with Crippen LogP contribution in [-0.2, 0) is 11.8 Å². The lowest BCUT2D eigenvalue weighted by molar-refractivity contribution is 0.590. The molecule has 2 rings (SSSR count). The normalized spacial score (nSPS) is 11.6. The van der Waals surface area contributed by atoms with Gasteiger partial charge in [-0.3, -0.25) is 0 Å². The van der Waals surface area contributed by atoms with Crippen LogP contribution in [-0.4, -0.2) is 0 Å². The summed E-state index contributed by atoms with van der Waals surface area (Å²) in [5.74, 6) is 0. The Morgan fingerprint density at radius 3 is 1.84 bits per heavy atom. The number of rotatable bonds is 2. The fourth-order valence-electron chi connectivity index (χ4n) is 2.03. The molecule has 0 saturated carbocycles. The summed E-state index contributed by atoms with van der Waals surface area (Å²) in [6.45, 7) is 6.65. The summed E-state index contributed by atoms with van der Waals surface area (Å²) in [4.78, 5) is 0. The molecule has 2 aromatic carbocycles. The summed E-state index contributed by atoms with van der Waals surface area (Å²) in [6.07, 6.45) is 0.767. The summed E-state index contributed by atoms with van der Waals surface area (Å²) in [5, 5.41) is 1.46. The molecular weight excluding hydrogens is 275 g/mol. The topological polar surface area (TPSA) is 0 Å². The van der Waals surface area contributed by atoms with Gasteiger partial charge in [0.05, 0.1) is 0 Å². The van der Waals surface area contributed by atoms with Crippen LogP contribution in [0.2, 0.25) is 10.0 Å². The highest BCUT2D eigenvalue weighted by Crippen LogP contribution is 2.28. The van der Waals surface area contributed by atoms with Crippen molar-refractivity contribution in [2.24, 2.45) is 0 Å². The van der Waals surface area contributed by atoms with E-state index in [9.17, 15) is 0 Å². The molecule has 19 heavy (non-hydrogen) atoms. The molecule has 0 amide bonds. The molecule has 100 valence electrons. The van der Waals surface area contributed by atoms with Crippen LogP contribution in [0.5, 0.6) is 0 Å². The predicted octanol–water partition coefficient (Wildman–Crippen LogP) is 5.88. The van der Waals surface area contributed by atoms with Crippen LogP contribution in [0, 0.1) is 0 Å². The molecule has 0 aliphatic rings. The largest absolute Gasteiger partial charge is 0.0840 e. The van der Waals surface area contributed by atoms with Gasteiger partial charge in [0.25, 0.3) is 0 Å². The standard InChI is InChI=1S/C17H18Cl2/c1-17(2,3)13-9-7-12(8-10-13)11-14-15(18)5-4-6-16(14)19/h4-10H,11H2,1-3H3. The summed E-state index contributed by atoms with van der Waals surface area (Å²) in [6, 6.07) is 14.3. The number of halogens is 2. The second kappa shape index (κ2) is 5.56. The molecule has 2 aromatic rings. The smallest absolute Gasteiger partial charge is 0.0456 e. The molecule has 0 aliphatic heterocycles. The molecule has 0 unspecified atom stereocenters. The van der Waals surface area contributed by atoms with Gasteiger partial charge in [-0.1, -0.05) is 74.3 Å². The van der Waals surface area contributed by atoms with E-state index in [0.717, 1.165) is 22.0 Å². The second-order valence-electron chi connectivity index (χ2n) is 5.82. The van der Waals surface area contributed by atoms with Gasteiger partial charge in [-0.2, -0.15) is 0 Å². The third kappa shape index (κ3) is 3.52. The molecular formula is C17H18Cl2. The Kier molecular flexibility index (Phi) is 4.23. The first-order valence-corrected chi connectivity index (χ1v) is 7.16. The minimum absolute atomic E-state index is 0.181. The fraction of sp³-hybridized carbons (Fsp3) is 0.294. The SMILES string of the molecule is CC(C)(C)c1ccc(Cc2c(Cl)cccc2Cl)cc1. The molecule has 2 heteroatoms. The molecule has 0 radical (unpaired) electrons. The van der Waals surface area contributed by atoms with E-state index in [1.165, 1.54) is 11.1 Å². The number of hydrogen-bond acceptors (Lipinski definition) is 0. The maximum Gasteiger partial charge on any atom is 0.0456 e. The van der Waals surface area contributed by atoms with Crippen molar-refractivity contribution in [2.45, 2.75) is 32.6 Å². The van der Waals surface area contributed by atoms with Crippen LogP contribution >= 0.6 is 23.2 Å². The molecule has 0 fully saturated rings. The Bertz CT molecular complexity index is 543. The highest BCUT2D eigenvalue weighted by molar-refractivity contribution is 6.36. The minimum atomic E-state index is 0.181. The zero-order valence-corrected chi connectivity index (χ0v) is 13.0. The zero-order valence-electron chi connectivity index (χ0n) is 11.5. The molecule has 0 aliphatic carbocycles. The first kappa shape index (κ1) is 14.4. The number of benzene rings is 2. The quantitative estimate of drug-likeness (QED) is 0.648. The van der Waals surface area contributed by atoms with Crippen molar-refractivity contribution in [3.05, 3.63) is 69.2 Å². The van der Waals surface area contributed by atoms with Gasteiger partial charge in [-0.15, -0.1) is 0 Å². The summed E-state index contributed by atoms with van der Waals surface area (Å²) in [7, 11) is 0. The van der Waals surface area contributed by atoms with Crippen molar-refractivity contribution < 1.29 is 0 Å². The maximum atomic E-state index is 6.20. The first-order chi connectivity index (χ1) is 8.88. The summed E-state index contributed by atoms with van der Waals surface area (Å²) >= 11 is 12.4.